The summed E-state index contributed by atoms with van der Waals surface area (Å²) in [5.41, 5.74) is 1.42. The second kappa shape index (κ2) is 4.36. The number of hydrogen-bond donors (Lipinski definition) is 1. The van der Waals surface area contributed by atoms with Crippen LogP contribution < -0.4 is 5.32 Å². The molecule has 1 N–H and O–H groups in total. The van der Waals surface area contributed by atoms with Crippen molar-refractivity contribution in [3.8, 4) is 0 Å². The van der Waals surface area contributed by atoms with Crippen LogP contribution in [-0.4, -0.2) is 16.0 Å². The first-order chi connectivity index (χ1) is 7.36. The Kier molecular flexibility index (Phi) is 2.73. The van der Waals surface area contributed by atoms with E-state index in [1.165, 1.54) is 12.5 Å². The van der Waals surface area contributed by atoms with Crippen LogP contribution >= 0.6 is 0 Å². The first-order valence-corrected chi connectivity index (χ1v) is 4.43. The predicted octanol–water partition coefficient (Wildman–Crippen LogP) is 1.000. The summed E-state index contributed by atoms with van der Waals surface area (Å²) in [4.78, 5) is 15.3. The van der Waals surface area contributed by atoms with Crippen LogP contribution in [0.1, 0.15) is 15.9 Å². The lowest BCUT2D eigenvalue weighted by atomic mass is 10.2. The molecule has 0 aliphatic heterocycles. The van der Waals surface area contributed by atoms with Crippen LogP contribution in [0.15, 0.2) is 41.5 Å². The number of aromatic nitrogens is 2. The summed E-state index contributed by atoms with van der Waals surface area (Å²) in [6, 6.07) is 3.68. The van der Waals surface area contributed by atoms with Gasteiger partial charge in [-0.15, -0.1) is 0 Å². The van der Waals surface area contributed by atoms with Crippen LogP contribution in [-0.2, 0) is 6.54 Å². The summed E-state index contributed by atoms with van der Waals surface area (Å²) in [6.45, 7) is 0.465. The van der Waals surface area contributed by atoms with Gasteiger partial charge in [-0.3, -0.25) is 9.78 Å². The highest BCUT2D eigenvalue weighted by molar-refractivity contribution is 5.93. The summed E-state index contributed by atoms with van der Waals surface area (Å²) >= 11 is 0. The van der Waals surface area contributed by atoms with Crippen molar-refractivity contribution in [1.82, 2.24) is 15.5 Å². The second-order valence-corrected chi connectivity index (χ2v) is 2.95. The third-order valence-electron chi connectivity index (χ3n) is 1.90. The second-order valence-electron chi connectivity index (χ2n) is 2.95. The molecule has 0 radical (unpaired) electrons. The molecule has 0 atom stereocenters. The minimum absolute atomic E-state index is 0.201. The van der Waals surface area contributed by atoms with E-state index in [4.69, 9.17) is 0 Å². The molecule has 0 saturated carbocycles. The Labute approximate surface area is 86.1 Å². The van der Waals surface area contributed by atoms with Gasteiger partial charge in [-0.1, -0.05) is 5.16 Å². The average Bonchev–Trinajstić information content (AvgIpc) is 2.81. The van der Waals surface area contributed by atoms with E-state index in [0.717, 1.165) is 5.56 Å². The smallest absolute Gasteiger partial charge is 0.256 e. The van der Waals surface area contributed by atoms with Crippen LogP contribution in [0.5, 0.6) is 0 Å². The molecule has 2 rings (SSSR count). The minimum Gasteiger partial charge on any atom is -0.364 e. The third-order valence-corrected chi connectivity index (χ3v) is 1.90. The molecule has 0 unspecified atom stereocenters. The van der Waals surface area contributed by atoms with Crippen molar-refractivity contribution in [2.45, 2.75) is 6.54 Å². The molecule has 0 aromatic carbocycles. The zero-order valence-electron chi connectivity index (χ0n) is 7.88. The summed E-state index contributed by atoms with van der Waals surface area (Å²) in [7, 11) is 0. The highest BCUT2D eigenvalue weighted by Gasteiger charge is 2.06. The van der Waals surface area contributed by atoms with Crippen LogP contribution in [0.25, 0.3) is 0 Å². The quantitative estimate of drug-likeness (QED) is 0.808. The Hall–Kier alpha value is -2.17. The summed E-state index contributed by atoms with van der Waals surface area (Å²) in [5, 5.41) is 6.19. The minimum atomic E-state index is -0.201. The molecular formula is C10H9N3O2. The van der Waals surface area contributed by atoms with Crippen LogP contribution in [0.3, 0.4) is 0 Å². The molecule has 76 valence electrons. The van der Waals surface area contributed by atoms with Crippen LogP contribution in [0.4, 0.5) is 0 Å². The molecule has 1 amide bonds. The molecular weight excluding hydrogens is 194 g/mol. The van der Waals surface area contributed by atoms with Gasteiger partial charge in [0.15, 0.2) is 0 Å². The summed E-state index contributed by atoms with van der Waals surface area (Å²) in [6.07, 6.45) is 6.05. The first-order valence-electron chi connectivity index (χ1n) is 4.43. The topological polar surface area (TPSA) is 68.0 Å². The highest BCUT2D eigenvalue weighted by atomic mass is 16.5. The van der Waals surface area contributed by atoms with E-state index in [1.807, 2.05) is 12.1 Å². The fourth-order valence-corrected chi connectivity index (χ4v) is 1.10. The fraction of sp³-hybridized carbons (Fsp3) is 0.100. The van der Waals surface area contributed by atoms with Crippen LogP contribution in [0.2, 0.25) is 0 Å². The lowest BCUT2D eigenvalue weighted by Crippen LogP contribution is -2.22. The lowest BCUT2D eigenvalue weighted by molar-refractivity contribution is 0.0950. The maximum Gasteiger partial charge on any atom is 0.256 e. The summed E-state index contributed by atoms with van der Waals surface area (Å²) in [5.74, 6) is -0.201. The molecule has 0 spiro atoms. The number of pyridine rings is 1. The molecule has 15 heavy (non-hydrogen) atoms. The van der Waals surface area contributed by atoms with Gasteiger partial charge < -0.3 is 9.84 Å². The average molecular weight is 203 g/mol. The predicted molar refractivity (Wildman–Crippen MR) is 51.9 cm³/mol. The monoisotopic (exact) mass is 203 g/mol. The van der Waals surface area contributed by atoms with E-state index in [9.17, 15) is 4.79 Å². The number of nitrogens with zero attached hydrogens (tertiary/aromatic N) is 2. The molecule has 5 nitrogen and oxygen atoms in total. The van der Waals surface area contributed by atoms with Gasteiger partial charge in [-0.25, -0.2) is 0 Å². The SMILES string of the molecule is O=C(NCc1ccncc1)c1cnoc1. The van der Waals surface area contributed by atoms with Crippen LogP contribution in [0, 0.1) is 0 Å². The fourth-order valence-electron chi connectivity index (χ4n) is 1.10. The standard InChI is InChI=1S/C10H9N3O2/c14-10(9-6-13-15-7-9)12-5-8-1-3-11-4-2-8/h1-4,6-7H,5H2,(H,12,14). The Balaban J connectivity index is 1.92. The van der Waals surface area contributed by atoms with Gasteiger partial charge in [0.1, 0.15) is 6.26 Å². The number of carbonyl (C=O) groups excluding carboxylic acids is 1. The molecule has 2 heterocycles. The number of nitrogens with one attached hydrogen (secondary N) is 1. The Morgan fingerprint density at radius 1 is 1.40 bits per heavy atom. The van der Waals surface area contributed by atoms with E-state index >= 15 is 0 Å². The molecule has 0 aliphatic rings. The van der Waals surface area contributed by atoms with Crippen molar-refractivity contribution in [2.24, 2.45) is 0 Å². The van der Waals surface area contributed by atoms with Crippen molar-refractivity contribution < 1.29 is 9.32 Å². The Morgan fingerprint density at radius 3 is 2.87 bits per heavy atom. The first kappa shape index (κ1) is 9.39. The van der Waals surface area contributed by atoms with E-state index in [0.29, 0.717) is 12.1 Å². The largest absolute Gasteiger partial charge is 0.364 e. The van der Waals surface area contributed by atoms with Crippen molar-refractivity contribution in [2.75, 3.05) is 0 Å². The van der Waals surface area contributed by atoms with Gasteiger partial charge >= 0.3 is 0 Å². The lowest BCUT2D eigenvalue weighted by Gasteiger charge is -2.02. The van der Waals surface area contributed by atoms with E-state index in [-0.39, 0.29) is 5.91 Å². The maximum atomic E-state index is 11.5. The third kappa shape index (κ3) is 2.40. The van der Waals surface area contributed by atoms with Gasteiger partial charge in [0.25, 0.3) is 5.91 Å². The van der Waals surface area contributed by atoms with E-state index < -0.39 is 0 Å². The van der Waals surface area contributed by atoms with Gasteiger partial charge in [-0.05, 0) is 17.7 Å². The highest BCUT2D eigenvalue weighted by Crippen LogP contribution is 1.99. The van der Waals surface area contributed by atoms with Gasteiger partial charge in [-0.2, -0.15) is 0 Å². The number of amides is 1. The van der Waals surface area contributed by atoms with E-state index in [2.05, 4.69) is 20.0 Å². The molecule has 2 aromatic rings. The van der Waals surface area contributed by atoms with Gasteiger partial charge in [0, 0.05) is 18.9 Å². The summed E-state index contributed by atoms with van der Waals surface area (Å²) < 4.78 is 4.57. The molecule has 0 aliphatic carbocycles. The van der Waals surface area contributed by atoms with E-state index in [1.54, 1.807) is 12.4 Å². The van der Waals surface area contributed by atoms with Crippen molar-refractivity contribution in [3.05, 3.63) is 48.1 Å². The normalized spacial score (nSPS) is 9.87. The zero-order chi connectivity index (χ0) is 10.5. The van der Waals surface area contributed by atoms with Gasteiger partial charge in [0.05, 0.1) is 11.8 Å². The molecule has 5 heteroatoms. The van der Waals surface area contributed by atoms with Crippen molar-refractivity contribution in [1.29, 1.82) is 0 Å². The molecule has 0 fully saturated rings. The Bertz CT molecular complexity index is 425. The van der Waals surface area contributed by atoms with Crippen molar-refractivity contribution in [3.63, 3.8) is 0 Å². The Morgan fingerprint density at radius 2 is 2.20 bits per heavy atom. The molecule has 0 bridgehead atoms. The number of carbonyl (C=O) groups is 1. The molecule has 0 saturated heterocycles. The van der Waals surface area contributed by atoms with Crippen molar-refractivity contribution >= 4 is 5.91 Å². The number of rotatable bonds is 3. The maximum absolute atomic E-state index is 11.5. The number of hydrogen-bond acceptors (Lipinski definition) is 4. The molecule has 2 aromatic heterocycles. The zero-order valence-corrected chi connectivity index (χ0v) is 7.88. The van der Waals surface area contributed by atoms with Gasteiger partial charge in [0.2, 0.25) is 0 Å².